The molecule has 8 heteroatoms. The van der Waals surface area contributed by atoms with Crippen LogP contribution in [0.2, 0.25) is 0 Å². The summed E-state index contributed by atoms with van der Waals surface area (Å²) in [6.45, 7) is 6.35. The minimum Gasteiger partial charge on any atom is -0.494 e. The first kappa shape index (κ1) is 21.5. The van der Waals surface area contributed by atoms with Gasteiger partial charge in [0.25, 0.3) is 0 Å². The molecular formula is C22H24F2N2O4. The molecule has 0 unspecified atom stereocenters. The predicted octanol–water partition coefficient (Wildman–Crippen LogP) is 4.80. The zero-order chi connectivity index (χ0) is 21.7. The number of aromatic nitrogens is 1. The average molecular weight is 418 g/mol. The fourth-order valence-corrected chi connectivity index (χ4v) is 3.41. The van der Waals surface area contributed by atoms with Crippen molar-refractivity contribution in [1.82, 2.24) is 9.88 Å². The second-order valence-electron chi connectivity index (χ2n) is 7.01. The number of halogens is 2. The van der Waals surface area contributed by atoms with Gasteiger partial charge >= 0.3 is 6.09 Å². The number of rotatable bonds is 7. The van der Waals surface area contributed by atoms with Gasteiger partial charge in [0.15, 0.2) is 0 Å². The number of likely N-dealkylation sites (tertiary alicyclic amines) is 1. The maximum Gasteiger partial charge on any atom is 0.407 e. The molecule has 1 saturated heterocycles. The molecule has 0 saturated carbocycles. The molecule has 0 atom stereocenters. The monoisotopic (exact) mass is 418 g/mol. The van der Waals surface area contributed by atoms with E-state index in [0.717, 1.165) is 5.69 Å². The molecule has 1 amide bonds. The first-order valence-electron chi connectivity index (χ1n) is 9.76. The maximum atomic E-state index is 14.4. The van der Waals surface area contributed by atoms with Crippen LogP contribution in [0.25, 0.3) is 5.76 Å². The zero-order valence-electron chi connectivity index (χ0n) is 16.7. The highest BCUT2D eigenvalue weighted by Gasteiger charge is 2.24. The van der Waals surface area contributed by atoms with Crippen LogP contribution in [0.1, 0.15) is 42.5 Å². The van der Waals surface area contributed by atoms with Crippen LogP contribution in [-0.4, -0.2) is 40.8 Å². The minimum absolute atomic E-state index is 0.112. The van der Waals surface area contributed by atoms with Crippen LogP contribution in [0.4, 0.5) is 13.6 Å². The van der Waals surface area contributed by atoms with Crippen molar-refractivity contribution < 1.29 is 28.2 Å². The number of nitrogens with zero attached hydrogens (tertiary/aromatic N) is 2. The number of benzene rings is 1. The largest absolute Gasteiger partial charge is 0.494 e. The zero-order valence-corrected chi connectivity index (χ0v) is 16.7. The number of hydrogen-bond donors (Lipinski definition) is 1. The summed E-state index contributed by atoms with van der Waals surface area (Å²) >= 11 is 0. The van der Waals surface area contributed by atoms with Gasteiger partial charge in [-0.05, 0) is 38.0 Å². The van der Waals surface area contributed by atoms with Gasteiger partial charge in [-0.25, -0.2) is 18.6 Å². The molecule has 1 aromatic carbocycles. The van der Waals surface area contributed by atoms with Crippen molar-refractivity contribution >= 4 is 11.9 Å². The van der Waals surface area contributed by atoms with E-state index in [0.29, 0.717) is 32.5 Å². The van der Waals surface area contributed by atoms with Gasteiger partial charge in [0.2, 0.25) is 5.88 Å². The van der Waals surface area contributed by atoms with E-state index in [4.69, 9.17) is 14.6 Å². The third-order valence-corrected chi connectivity index (χ3v) is 5.07. The van der Waals surface area contributed by atoms with Crippen molar-refractivity contribution in [2.45, 2.75) is 32.3 Å². The van der Waals surface area contributed by atoms with Crippen molar-refractivity contribution in [2.75, 3.05) is 19.7 Å². The van der Waals surface area contributed by atoms with Gasteiger partial charge in [-0.1, -0.05) is 12.6 Å². The van der Waals surface area contributed by atoms with Crippen molar-refractivity contribution in [3.63, 3.8) is 0 Å². The summed E-state index contributed by atoms with van der Waals surface area (Å²) in [5.41, 5.74) is 0.815. The van der Waals surface area contributed by atoms with Crippen molar-refractivity contribution in [1.29, 1.82) is 0 Å². The molecule has 1 fully saturated rings. The predicted molar refractivity (Wildman–Crippen MR) is 107 cm³/mol. The summed E-state index contributed by atoms with van der Waals surface area (Å²) in [7, 11) is 0. The van der Waals surface area contributed by atoms with Crippen molar-refractivity contribution in [2.24, 2.45) is 0 Å². The van der Waals surface area contributed by atoms with E-state index in [1.165, 1.54) is 17.0 Å². The Morgan fingerprint density at radius 1 is 1.27 bits per heavy atom. The molecule has 6 nitrogen and oxygen atoms in total. The fourth-order valence-electron chi connectivity index (χ4n) is 3.41. The van der Waals surface area contributed by atoms with Gasteiger partial charge in [-0.2, -0.15) is 0 Å². The van der Waals surface area contributed by atoms with Crippen LogP contribution in [0.5, 0.6) is 5.88 Å². The number of ether oxygens (including phenoxy) is 2. The molecule has 0 radical (unpaired) electrons. The summed E-state index contributed by atoms with van der Waals surface area (Å²) in [4.78, 5) is 16.9. The summed E-state index contributed by atoms with van der Waals surface area (Å²) in [5.74, 6) is -0.923. The molecule has 30 heavy (non-hydrogen) atoms. The van der Waals surface area contributed by atoms with Gasteiger partial charge in [0, 0.05) is 36.3 Å². The highest BCUT2D eigenvalue weighted by atomic mass is 19.1. The molecule has 1 aromatic heterocycles. The van der Waals surface area contributed by atoms with E-state index >= 15 is 0 Å². The van der Waals surface area contributed by atoms with E-state index < -0.39 is 17.7 Å². The van der Waals surface area contributed by atoms with E-state index in [1.807, 2.05) is 6.07 Å². The number of carbonyl (C=O) groups is 1. The van der Waals surface area contributed by atoms with Gasteiger partial charge in [0.05, 0.1) is 12.2 Å². The number of hydrogen-bond acceptors (Lipinski definition) is 4. The standard InChI is InChI=1S/C22H24F2N2O4/c1-3-29-14(2)16-11-18(23)17(19(24)12-16)13-30-21-6-4-5-20(25-21)15-7-9-26(10-8-15)22(27)28/h4-6,11-12,15H,2-3,7-10,13H2,1H3,(H,27,28). The third-order valence-electron chi connectivity index (χ3n) is 5.07. The van der Waals surface area contributed by atoms with Gasteiger partial charge in [-0.15, -0.1) is 0 Å². The molecule has 1 aliphatic heterocycles. The molecule has 160 valence electrons. The average Bonchev–Trinajstić information content (AvgIpc) is 2.73. The normalized spacial score (nSPS) is 14.4. The van der Waals surface area contributed by atoms with Crippen LogP contribution < -0.4 is 4.74 Å². The first-order valence-corrected chi connectivity index (χ1v) is 9.76. The Morgan fingerprint density at radius 3 is 2.53 bits per heavy atom. The second kappa shape index (κ2) is 9.56. The molecule has 0 bridgehead atoms. The van der Waals surface area contributed by atoms with E-state index in [-0.39, 0.29) is 35.3 Å². The maximum absolute atomic E-state index is 14.4. The molecule has 2 heterocycles. The summed E-state index contributed by atoms with van der Waals surface area (Å²) in [6, 6.07) is 7.57. The Kier molecular flexibility index (Phi) is 6.87. The SMILES string of the molecule is C=C(OCC)c1cc(F)c(COc2cccc(C3CCN(C(=O)O)CC3)n2)c(F)c1. The lowest BCUT2D eigenvalue weighted by atomic mass is 9.93. The summed E-state index contributed by atoms with van der Waals surface area (Å²) in [6.07, 6.45) is 0.410. The Bertz CT molecular complexity index is 904. The van der Waals surface area contributed by atoms with Gasteiger partial charge in [0.1, 0.15) is 24.0 Å². The molecule has 1 N–H and O–H groups in total. The summed E-state index contributed by atoms with van der Waals surface area (Å²) in [5, 5.41) is 9.05. The Hall–Kier alpha value is -3.16. The lowest BCUT2D eigenvalue weighted by Crippen LogP contribution is -2.36. The van der Waals surface area contributed by atoms with Crippen LogP contribution >= 0.6 is 0 Å². The minimum atomic E-state index is -0.918. The number of piperidine rings is 1. The Labute approximate surface area is 173 Å². The van der Waals surface area contributed by atoms with Crippen LogP contribution in [0.3, 0.4) is 0 Å². The molecule has 0 spiro atoms. The molecular weight excluding hydrogens is 394 g/mol. The highest BCUT2D eigenvalue weighted by molar-refractivity contribution is 5.65. The highest BCUT2D eigenvalue weighted by Crippen LogP contribution is 2.28. The third kappa shape index (κ3) is 5.06. The smallest absolute Gasteiger partial charge is 0.407 e. The van der Waals surface area contributed by atoms with Crippen LogP contribution in [0, 0.1) is 11.6 Å². The number of pyridine rings is 1. The lowest BCUT2D eigenvalue weighted by molar-refractivity contribution is 0.131. The van der Waals surface area contributed by atoms with E-state index in [1.54, 1.807) is 19.1 Å². The fraction of sp³-hybridized carbons (Fsp3) is 0.364. The van der Waals surface area contributed by atoms with Gasteiger partial charge < -0.3 is 19.5 Å². The number of carboxylic acid groups (broad SMARTS) is 1. The topological polar surface area (TPSA) is 71.9 Å². The quantitative estimate of drug-likeness (QED) is 0.654. The molecule has 0 aliphatic carbocycles. The van der Waals surface area contributed by atoms with Crippen molar-refractivity contribution in [3.8, 4) is 5.88 Å². The molecule has 3 rings (SSSR count). The lowest BCUT2D eigenvalue weighted by Gasteiger charge is -2.29. The van der Waals surface area contributed by atoms with Gasteiger partial charge in [-0.3, -0.25) is 0 Å². The Balaban J connectivity index is 1.66. The van der Waals surface area contributed by atoms with Crippen molar-refractivity contribution in [3.05, 3.63) is 65.4 Å². The first-order chi connectivity index (χ1) is 14.4. The van der Waals surface area contributed by atoms with E-state index in [2.05, 4.69) is 11.6 Å². The molecule has 2 aromatic rings. The number of amides is 1. The Morgan fingerprint density at radius 2 is 1.93 bits per heavy atom. The second-order valence-corrected chi connectivity index (χ2v) is 7.01. The molecule has 1 aliphatic rings. The van der Waals surface area contributed by atoms with E-state index in [9.17, 15) is 13.6 Å². The van der Waals surface area contributed by atoms with Crippen LogP contribution in [0.15, 0.2) is 36.9 Å². The summed E-state index contributed by atoms with van der Waals surface area (Å²) < 4.78 is 39.5. The van der Waals surface area contributed by atoms with Crippen LogP contribution in [-0.2, 0) is 11.3 Å².